The maximum atomic E-state index is 4.87. The highest BCUT2D eigenvalue weighted by atomic mass is 32.1. The minimum Gasteiger partial charge on any atom is -0.383 e. The number of methoxy groups -OCH3 is 1. The number of rotatable bonds is 7. The van der Waals surface area contributed by atoms with Crippen LogP contribution in [0.25, 0.3) is 0 Å². The van der Waals surface area contributed by atoms with Gasteiger partial charge in [0.2, 0.25) is 0 Å². The lowest BCUT2D eigenvalue weighted by Crippen LogP contribution is -2.20. The summed E-state index contributed by atoms with van der Waals surface area (Å²) in [6, 6.07) is 0. The molecule has 0 bridgehead atoms. The van der Waals surface area contributed by atoms with E-state index in [-0.39, 0.29) is 0 Å². The van der Waals surface area contributed by atoms with Gasteiger partial charge in [-0.2, -0.15) is 12.6 Å². The third kappa shape index (κ3) is 8.27. The molecule has 0 aliphatic heterocycles. The fourth-order valence-electron chi connectivity index (χ4n) is 0.661. The lowest BCUT2D eigenvalue weighted by Gasteiger charge is -2.01. The average molecular weight is 163 g/mol. The van der Waals surface area contributed by atoms with Gasteiger partial charge < -0.3 is 10.1 Å². The Morgan fingerprint density at radius 2 is 2.10 bits per heavy atom. The van der Waals surface area contributed by atoms with E-state index >= 15 is 0 Å². The zero-order chi connectivity index (χ0) is 7.66. The molecule has 1 N–H and O–H groups in total. The Kier molecular flexibility index (Phi) is 9.52. The third-order valence-corrected chi connectivity index (χ3v) is 1.56. The first-order valence-corrected chi connectivity index (χ1v) is 4.35. The van der Waals surface area contributed by atoms with Crippen molar-refractivity contribution in [3.05, 3.63) is 0 Å². The van der Waals surface area contributed by atoms with E-state index in [1.54, 1.807) is 7.11 Å². The quantitative estimate of drug-likeness (QED) is 0.430. The molecule has 0 heterocycles. The summed E-state index contributed by atoms with van der Waals surface area (Å²) in [5.74, 6) is 0.992. The Bertz CT molecular complexity index is 53.6. The summed E-state index contributed by atoms with van der Waals surface area (Å²) in [5.41, 5.74) is 0. The fraction of sp³-hybridized carbons (Fsp3) is 1.00. The largest absolute Gasteiger partial charge is 0.383 e. The van der Waals surface area contributed by atoms with Gasteiger partial charge in [0, 0.05) is 13.7 Å². The van der Waals surface area contributed by atoms with Crippen molar-refractivity contribution in [3.63, 3.8) is 0 Å². The molecule has 0 amide bonds. The van der Waals surface area contributed by atoms with Crippen LogP contribution in [0.2, 0.25) is 0 Å². The Hall–Kier alpha value is 0.270. The molecule has 0 aliphatic carbocycles. The molecule has 10 heavy (non-hydrogen) atoms. The van der Waals surface area contributed by atoms with Crippen LogP contribution < -0.4 is 5.32 Å². The van der Waals surface area contributed by atoms with Gasteiger partial charge in [-0.3, -0.25) is 0 Å². The van der Waals surface area contributed by atoms with Crippen LogP contribution in [0.1, 0.15) is 12.8 Å². The summed E-state index contributed by atoms with van der Waals surface area (Å²) in [4.78, 5) is 0. The van der Waals surface area contributed by atoms with E-state index in [0.717, 1.165) is 25.4 Å². The van der Waals surface area contributed by atoms with Crippen molar-refractivity contribution in [2.45, 2.75) is 12.8 Å². The predicted octanol–water partition coefficient (Wildman–Crippen LogP) is 0.932. The Labute approximate surface area is 68.7 Å². The monoisotopic (exact) mass is 163 g/mol. The van der Waals surface area contributed by atoms with Gasteiger partial charge in [0.25, 0.3) is 0 Å². The third-order valence-electron chi connectivity index (χ3n) is 1.24. The maximum absolute atomic E-state index is 4.87. The molecule has 0 atom stereocenters. The van der Waals surface area contributed by atoms with Gasteiger partial charge in [-0.15, -0.1) is 0 Å². The van der Waals surface area contributed by atoms with Crippen LogP contribution >= 0.6 is 12.6 Å². The molecule has 3 heteroatoms. The van der Waals surface area contributed by atoms with Crippen LogP contribution in [0, 0.1) is 0 Å². The van der Waals surface area contributed by atoms with Gasteiger partial charge in [0.05, 0.1) is 6.61 Å². The van der Waals surface area contributed by atoms with Crippen molar-refractivity contribution >= 4 is 12.6 Å². The molecule has 0 saturated heterocycles. The second kappa shape index (κ2) is 9.27. The Morgan fingerprint density at radius 3 is 2.70 bits per heavy atom. The standard InChI is InChI=1S/C7H17NOS/c1-9-6-5-8-4-2-3-7-10/h8,10H,2-7H2,1H3. The second-order valence-electron chi connectivity index (χ2n) is 2.17. The summed E-state index contributed by atoms with van der Waals surface area (Å²) in [6.45, 7) is 2.86. The van der Waals surface area contributed by atoms with Crippen LogP contribution in [0.4, 0.5) is 0 Å². The van der Waals surface area contributed by atoms with Crippen molar-refractivity contribution in [1.29, 1.82) is 0 Å². The van der Waals surface area contributed by atoms with Crippen molar-refractivity contribution in [2.75, 3.05) is 32.6 Å². The lowest BCUT2D eigenvalue weighted by atomic mass is 10.3. The number of hydrogen-bond acceptors (Lipinski definition) is 3. The maximum Gasteiger partial charge on any atom is 0.0587 e. The molecule has 0 rings (SSSR count). The normalized spacial score (nSPS) is 10.2. The van der Waals surface area contributed by atoms with Crippen LogP contribution in [0.15, 0.2) is 0 Å². The number of hydrogen-bond donors (Lipinski definition) is 2. The minimum atomic E-state index is 0.806. The smallest absolute Gasteiger partial charge is 0.0587 e. The molecular weight excluding hydrogens is 146 g/mol. The van der Waals surface area contributed by atoms with Crippen molar-refractivity contribution < 1.29 is 4.74 Å². The first kappa shape index (κ1) is 10.3. The van der Waals surface area contributed by atoms with E-state index in [4.69, 9.17) is 4.74 Å². The van der Waals surface area contributed by atoms with E-state index in [9.17, 15) is 0 Å². The summed E-state index contributed by atoms with van der Waals surface area (Å²) in [6.07, 6.45) is 2.41. The first-order chi connectivity index (χ1) is 4.91. The molecule has 0 aromatic heterocycles. The van der Waals surface area contributed by atoms with Gasteiger partial charge >= 0.3 is 0 Å². The molecule has 62 valence electrons. The fourth-order valence-corrected chi connectivity index (χ4v) is 0.885. The summed E-state index contributed by atoms with van der Waals surface area (Å²) >= 11 is 4.11. The van der Waals surface area contributed by atoms with E-state index in [2.05, 4.69) is 17.9 Å². The summed E-state index contributed by atoms with van der Waals surface area (Å²) in [7, 11) is 1.72. The molecule has 0 radical (unpaired) electrons. The number of nitrogens with one attached hydrogen (secondary N) is 1. The number of thiol groups is 1. The Balaban J connectivity index is 2.65. The van der Waals surface area contributed by atoms with Gasteiger partial charge in [0.15, 0.2) is 0 Å². The Morgan fingerprint density at radius 1 is 1.30 bits per heavy atom. The highest BCUT2D eigenvalue weighted by Crippen LogP contribution is 1.88. The zero-order valence-electron chi connectivity index (χ0n) is 6.60. The number of unbranched alkanes of at least 4 members (excludes halogenated alkanes) is 1. The highest BCUT2D eigenvalue weighted by Gasteiger charge is 1.85. The molecule has 0 aromatic rings. The van der Waals surface area contributed by atoms with E-state index < -0.39 is 0 Å². The zero-order valence-corrected chi connectivity index (χ0v) is 7.49. The minimum absolute atomic E-state index is 0.806. The SMILES string of the molecule is COCCNCCCCS. The van der Waals surface area contributed by atoms with E-state index in [1.165, 1.54) is 12.8 Å². The lowest BCUT2D eigenvalue weighted by molar-refractivity contribution is 0.199. The van der Waals surface area contributed by atoms with Crippen LogP contribution in [0.5, 0.6) is 0 Å². The molecular formula is C7H17NOS. The first-order valence-electron chi connectivity index (χ1n) is 3.72. The van der Waals surface area contributed by atoms with Crippen LogP contribution in [0.3, 0.4) is 0 Å². The van der Waals surface area contributed by atoms with Crippen molar-refractivity contribution in [1.82, 2.24) is 5.32 Å². The summed E-state index contributed by atoms with van der Waals surface area (Å²) < 4.78 is 4.87. The second-order valence-corrected chi connectivity index (χ2v) is 2.62. The predicted molar refractivity (Wildman–Crippen MR) is 47.8 cm³/mol. The highest BCUT2D eigenvalue weighted by molar-refractivity contribution is 7.80. The van der Waals surface area contributed by atoms with Crippen LogP contribution in [-0.4, -0.2) is 32.6 Å². The molecule has 0 spiro atoms. The van der Waals surface area contributed by atoms with Gasteiger partial charge in [-0.05, 0) is 25.1 Å². The molecule has 0 unspecified atom stereocenters. The molecule has 0 aliphatic rings. The number of ether oxygens (including phenoxy) is 1. The molecule has 2 nitrogen and oxygen atoms in total. The van der Waals surface area contributed by atoms with E-state index in [0.29, 0.717) is 0 Å². The van der Waals surface area contributed by atoms with Crippen molar-refractivity contribution in [3.8, 4) is 0 Å². The van der Waals surface area contributed by atoms with Gasteiger partial charge in [-0.1, -0.05) is 0 Å². The average Bonchev–Trinajstić information content (AvgIpc) is 1.97. The van der Waals surface area contributed by atoms with E-state index in [1.807, 2.05) is 0 Å². The molecule has 0 saturated carbocycles. The molecule has 0 aromatic carbocycles. The van der Waals surface area contributed by atoms with Gasteiger partial charge in [0.1, 0.15) is 0 Å². The topological polar surface area (TPSA) is 21.3 Å². The van der Waals surface area contributed by atoms with Gasteiger partial charge in [-0.25, -0.2) is 0 Å². The van der Waals surface area contributed by atoms with Crippen molar-refractivity contribution in [2.24, 2.45) is 0 Å². The summed E-state index contributed by atoms with van der Waals surface area (Å²) in [5, 5.41) is 3.26. The molecule has 0 fully saturated rings. The van der Waals surface area contributed by atoms with Crippen LogP contribution in [-0.2, 0) is 4.74 Å².